The zero-order chi connectivity index (χ0) is 22.4. The maximum atomic E-state index is 13.2. The predicted octanol–water partition coefficient (Wildman–Crippen LogP) is 2.12. The van der Waals surface area contributed by atoms with Crippen molar-refractivity contribution in [3.8, 4) is 5.75 Å². The average molecular weight is 460 g/mol. The van der Waals surface area contributed by atoms with Crippen molar-refractivity contribution in [2.75, 3.05) is 37.1 Å². The Morgan fingerprint density at radius 3 is 2.13 bits per heavy atom. The summed E-state index contributed by atoms with van der Waals surface area (Å²) < 4.78 is 52.2. The molecule has 0 amide bonds. The monoisotopic (exact) mass is 459 g/mol. The van der Waals surface area contributed by atoms with Gasteiger partial charge >= 0.3 is 0 Å². The fourth-order valence-corrected chi connectivity index (χ4v) is 5.14. The smallest absolute Gasteiger partial charge is 0.183 e. The summed E-state index contributed by atoms with van der Waals surface area (Å²) in [6, 6.07) is 7.05. The normalized spacial score (nSPS) is 23.8. The van der Waals surface area contributed by atoms with Crippen molar-refractivity contribution in [2.45, 2.75) is 50.5 Å². The Bertz CT molecular complexity index is 930. The Morgan fingerprint density at radius 1 is 1.03 bits per heavy atom. The number of ketones is 1. The van der Waals surface area contributed by atoms with Crippen LogP contribution in [0.1, 0.15) is 50.5 Å². The van der Waals surface area contributed by atoms with Crippen molar-refractivity contribution in [1.29, 1.82) is 0 Å². The van der Waals surface area contributed by atoms with Crippen molar-refractivity contribution in [2.24, 2.45) is 0 Å². The van der Waals surface area contributed by atoms with Crippen LogP contribution in [-0.4, -0.2) is 65.3 Å². The lowest BCUT2D eigenvalue weighted by atomic mass is 9.77. The number of rotatable bonds is 7. The Hall–Kier alpha value is -1.45. The highest BCUT2D eigenvalue weighted by Crippen LogP contribution is 2.43. The van der Waals surface area contributed by atoms with Crippen LogP contribution < -0.4 is 10.1 Å². The molecule has 1 fully saturated rings. The highest BCUT2D eigenvalue weighted by molar-refractivity contribution is 7.90. The molecule has 7 nitrogen and oxygen atoms in total. The van der Waals surface area contributed by atoms with Crippen molar-refractivity contribution >= 4 is 25.5 Å². The molecule has 0 saturated carbocycles. The van der Waals surface area contributed by atoms with E-state index in [0.717, 1.165) is 12.5 Å². The van der Waals surface area contributed by atoms with E-state index in [9.17, 15) is 21.6 Å². The molecule has 2 unspecified atom stereocenters. The molecule has 170 valence electrons. The number of nitrogens with one attached hydrogen (secondary N) is 1. The molecule has 3 rings (SSSR count). The van der Waals surface area contributed by atoms with Crippen molar-refractivity contribution in [3.05, 3.63) is 29.8 Å². The summed E-state index contributed by atoms with van der Waals surface area (Å²) in [4.78, 5) is 13.2. The zero-order valence-corrected chi connectivity index (χ0v) is 19.6. The third kappa shape index (κ3) is 7.06. The zero-order valence-electron chi connectivity index (χ0n) is 18.0. The van der Waals surface area contributed by atoms with Crippen LogP contribution in [0.3, 0.4) is 0 Å². The van der Waals surface area contributed by atoms with Crippen LogP contribution in [-0.2, 0) is 24.5 Å². The highest BCUT2D eigenvalue weighted by Gasteiger charge is 2.48. The summed E-state index contributed by atoms with van der Waals surface area (Å²) in [5.41, 5.74) is -0.570. The predicted molar refractivity (Wildman–Crippen MR) is 119 cm³/mol. The van der Waals surface area contributed by atoms with E-state index in [1.165, 1.54) is 25.9 Å². The van der Waals surface area contributed by atoms with Crippen LogP contribution in [0.25, 0.3) is 0 Å². The van der Waals surface area contributed by atoms with Gasteiger partial charge in [-0.05, 0) is 44.8 Å². The number of Topliss-reactive ketones (excluding diaryl/α,β-unsaturated/α-hetero) is 1. The molecule has 1 saturated heterocycles. The standard InChI is InChI=1S/C17H24O6S2.C4H9N/c1-4-17(10-12-25(3,21)22)16(18)14(9-11-24(2,19)20)13-7-5-6-8-15(13)23-17;1-2-4-5-3-1/h5-8,14H,4,9-12H2,1-3H3;5H,1-4H2. The molecule has 1 N–H and O–H groups in total. The van der Waals surface area contributed by atoms with Crippen LogP contribution in [0.2, 0.25) is 0 Å². The van der Waals surface area contributed by atoms with Crippen LogP contribution in [0.5, 0.6) is 5.75 Å². The van der Waals surface area contributed by atoms with Gasteiger partial charge in [0.2, 0.25) is 0 Å². The minimum absolute atomic E-state index is 0.0604. The summed E-state index contributed by atoms with van der Waals surface area (Å²) in [5.74, 6) is -0.590. The second-order valence-corrected chi connectivity index (χ2v) is 12.7. The second-order valence-electron chi connectivity index (χ2n) is 8.16. The van der Waals surface area contributed by atoms with Gasteiger partial charge < -0.3 is 10.1 Å². The van der Waals surface area contributed by atoms with Gasteiger partial charge in [0, 0.05) is 24.5 Å². The number of ether oxygens (including phenoxy) is 1. The van der Waals surface area contributed by atoms with Gasteiger partial charge in [0.1, 0.15) is 25.4 Å². The Kier molecular flexibility index (Phi) is 8.47. The molecule has 2 atom stereocenters. The maximum Gasteiger partial charge on any atom is 0.183 e. The third-order valence-electron chi connectivity index (χ3n) is 5.55. The summed E-state index contributed by atoms with van der Waals surface area (Å²) in [6.07, 6.45) is 5.59. The van der Waals surface area contributed by atoms with Crippen LogP contribution in [0, 0.1) is 0 Å². The topological polar surface area (TPSA) is 107 Å². The molecule has 1 aromatic rings. The number of benzene rings is 1. The first-order valence-electron chi connectivity index (χ1n) is 10.4. The van der Waals surface area contributed by atoms with Crippen LogP contribution in [0.15, 0.2) is 24.3 Å². The van der Waals surface area contributed by atoms with E-state index in [0.29, 0.717) is 17.7 Å². The molecule has 2 aliphatic rings. The quantitative estimate of drug-likeness (QED) is 0.665. The lowest BCUT2D eigenvalue weighted by Gasteiger charge is -2.40. The van der Waals surface area contributed by atoms with Gasteiger partial charge in [-0.3, -0.25) is 4.79 Å². The Morgan fingerprint density at radius 2 is 1.63 bits per heavy atom. The van der Waals surface area contributed by atoms with Gasteiger partial charge in [-0.15, -0.1) is 0 Å². The molecular weight excluding hydrogens is 426 g/mol. The lowest BCUT2D eigenvalue weighted by Crippen LogP contribution is -2.51. The number of hydrogen-bond acceptors (Lipinski definition) is 7. The fourth-order valence-electron chi connectivity index (χ4n) is 3.77. The summed E-state index contributed by atoms with van der Waals surface area (Å²) in [6.45, 7) is 4.28. The largest absolute Gasteiger partial charge is 0.479 e. The molecule has 9 heteroatoms. The van der Waals surface area contributed by atoms with Gasteiger partial charge in [0.25, 0.3) is 0 Å². The van der Waals surface area contributed by atoms with E-state index in [4.69, 9.17) is 4.74 Å². The van der Waals surface area contributed by atoms with Crippen molar-refractivity contribution < 1.29 is 26.4 Å². The van der Waals surface area contributed by atoms with Crippen molar-refractivity contribution in [3.63, 3.8) is 0 Å². The second kappa shape index (κ2) is 10.2. The van der Waals surface area contributed by atoms with Gasteiger partial charge in [-0.1, -0.05) is 25.1 Å². The molecular formula is C21H33NO6S2. The molecule has 0 spiro atoms. The van der Waals surface area contributed by atoms with Crippen molar-refractivity contribution in [1.82, 2.24) is 5.32 Å². The Balaban J connectivity index is 0.000000558. The molecule has 2 aliphatic heterocycles. The highest BCUT2D eigenvalue weighted by atomic mass is 32.2. The molecule has 1 aromatic carbocycles. The first kappa shape index (κ1) is 24.8. The number of fused-ring (bicyclic) bond motifs is 1. The molecule has 30 heavy (non-hydrogen) atoms. The van der Waals surface area contributed by atoms with E-state index in [-0.39, 0.29) is 30.1 Å². The van der Waals surface area contributed by atoms with Crippen LogP contribution in [0.4, 0.5) is 0 Å². The molecule has 2 heterocycles. The Labute approximate surface area is 180 Å². The number of carbonyl (C=O) groups excluding carboxylic acids is 1. The number of hydrogen-bond donors (Lipinski definition) is 1. The van der Waals surface area contributed by atoms with Crippen LogP contribution >= 0.6 is 0 Å². The van der Waals surface area contributed by atoms with E-state index in [1.807, 2.05) is 0 Å². The molecule has 0 bridgehead atoms. The lowest BCUT2D eigenvalue weighted by molar-refractivity contribution is -0.139. The van der Waals surface area contributed by atoms with Gasteiger partial charge in [-0.25, -0.2) is 16.8 Å². The van der Waals surface area contributed by atoms with E-state index >= 15 is 0 Å². The molecule has 0 aliphatic carbocycles. The SMILES string of the molecule is C1CCNC1.CCC1(CCS(C)(=O)=O)Oc2ccccc2C(CCS(C)(=O)=O)C1=O. The third-order valence-corrected chi connectivity index (χ3v) is 7.47. The summed E-state index contributed by atoms with van der Waals surface area (Å²) >= 11 is 0. The van der Waals surface area contributed by atoms with Gasteiger partial charge in [0.05, 0.1) is 17.4 Å². The first-order chi connectivity index (χ1) is 14.0. The van der Waals surface area contributed by atoms with Gasteiger partial charge in [0.15, 0.2) is 11.4 Å². The minimum atomic E-state index is -3.25. The summed E-state index contributed by atoms with van der Waals surface area (Å²) in [7, 11) is -6.47. The minimum Gasteiger partial charge on any atom is -0.479 e. The molecule has 0 aromatic heterocycles. The first-order valence-corrected chi connectivity index (χ1v) is 14.5. The van der Waals surface area contributed by atoms with Gasteiger partial charge in [-0.2, -0.15) is 0 Å². The van der Waals surface area contributed by atoms with E-state index < -0.39 is 31.2 Å². The number of sulfone groups is 2. The van der Waals surface area contributed by atoms with E-state index in [1.54, 1.807) is 31.2 Å². The maximum absolute atomic E-state index is 13.2. The number of carbonyl (C=O) groups is 1. The fraction of sp³-hybridized carbons (Fsp3) is 0.667. The average Bonchev–Trinajstić information content (AvgIpc) is 3.24. The van der Waals surface area contributed by atoms with E-state index in [2.05, 4.69) is 5.32 Å². The molecule has 0 radical (unpaired) electrons. The summed E-state index contributed by atoms with van der Waals surface area (Å²) in [5, 5.41) is 3.22. The number of para-hydroxylation sites is 1.